The number of nitrogens with zero attached hydrogens (tertiary/aromatic N) is 3. The van der Waals surface area contributed by atoms with Crippen LogP contribution in [0.1, 0.15) is 0 Å². The first kappa shape index (κ1) is 17.9. The summed E-state index contributed by atoms with van der Waals surface area (Å²) in [6.07, 6.45) is 1.26. The highest BCUT2D eigenvalue weighted by atomic mass is 16.5. The van der Waals surface area contributed by atoms with Gasteiger partial charge in [-0.3, -0.25) is 14.7 Å². The predicted octanol–water partition coefficient (Wildman–Crippen LogP) is 2.89. The molecule has 136 valence electrons. The lowest BCUT2D eigenvalue weighted by Gasteiger charge is -2.44. The summed E-state index contributed by atoms with van der Waals surface area (Å²) in [7, 11) is 7.14. The Balaban J connectivity index is 1.79. The van der Waals surface area contributed by atoms with Crippen LogP contribution in [0.3, 0.4) is 0 Å². The normalized spacial score (nSPS) is 19.5. The molecule has 1 aliphatic rings. The minimum atomic E-state index is -0.512. The van der Waals surface area contributed by atoms with E-state index >= 15 is 0 Å². The predicted molar refractivity (Wildman–Crippen MR) is 104 cm³/mol. The van der Waals surface area contributed by atoms with Crippen molar-refractivity contribution in [3.05, 3.63) is 48.5 Å². The summed E-state index contributed by atoms with van der Waals surface area (Å²) in [5.41, 5.74) is 2.74. The number of β-lactam (4-membered cyclic amide) rings is 1. The van der Waals surface area contributed by atoms with Gasteiger partial charge in [0.1, 0.15) is 11.8 Å². The zero-order valence-corrected chi connectivity index (χ0v) is 15.4. The molecule has 2 aromatic rings. The Hall–Kier alpha value is -2.86. The molecule has 0 aliphatic carbocycles. The van der Waals surface area contributed by atoms with Crippen molar-refractivity contribution in [1.82, 2.24) is 0 Å². The molecule has 1 fully saturated rings. The molecule has 0 aromatic heterocycles. The molecule has 0 spiro atoms. The van der Waals surface area contributed by atoms with Crippen LogP contribution in [-0.4, -0.2) is 52.6 Å². The highest BCUT2D eigenvalue weighted by Gasteiger charge is 2.47. The van der Waals surface area contributed by atoms with Crippen molar-refractivity contribution >= 4 is 29.2 Å². The summed E-state index contributed by atoms with van der Waals surface area (Å²) < 4.78 is 10.5. The lowest BCUT2D eigenvalue weighted by atomic mass is 9.97. The fourth-order valence-electron chi connectivity index (χ4n) is 2.91. The van der Waals surface area contributed by atoms with Crippen LogP contribution in [-0.2, 0) is 9.53 Å². The van der Waals surface area contributed by atoms with Crippen LogP contribution in [0.4, 0.5) is 17.1 Å². The van der Waals surface area contributed by atoms with Gasteiger partial charge in [-0.1, -0.05) is 0 Å². The molecule has 1 heterocycles. The van der Waals surface area contributed by atoms with Crippen LogP contribution in [0, 0.1) is 0 Å². The van der Waals surface area contributed by atoms with Crippen LogP contribution in [0.25, 0.3) is 0 Å². The van der Waals surface area contributed by atoms with Gasteiger partial charge in [0.25, 0.3) is 5.91 Å². The van der Waals surface area contributed by atoms with Gasteiger partial charge in [0.2, 0.25) is 0 Å². The van der Waals surface area contributed by atoms with Crippen LogP contribution in [0.2, 0.25) is 0 Å². The molecule has 3 rings (SSSR count). The molecule has 0 N–H and O–H groups in total. The molecule has 0 saturated carbocycles. The third-order valence-corrected chi connectivity index (χ3v) is 4.44. The molecule has 1 saturated heterocycles. The third kappa shape index (κ3) is 3.41. The fraction of sp³-hybridized carbons (Fsp3) is 0.300. The summed E-state index contributed by atoms with van der Waals surface area (Å²) in [6.45, 7) is 0. The Kier molecular flexibility index (Phi) is 5.23. The van der Waals surface area contributed by atoms with Crippen molar-refractivity contribution in [2.45, 2.75) is 12.1 Å². The summed E-state index contributed by atoms with van der Waals surface area (Å²) in [4.78, 5) is 20.6. The Labute approximate surface area is 153 Å². The number of benzene rings is 2. The molecule has 0 unspecified atom stereocenters. The van der Waals surface area contributed by atoms with E-state index < -0.39 is 6.10 Å². The van der Waals surface area contributed by atoms with E-state index in [4.69, 9.17) is 9.47 Å². The van der Waals surface area contributed by atoms with E-state index in [0.717, 1.165) is 22.8 Å². The average Bonchev–Trinajstić information content (AvgIpc) is 2.66. The lowest BCUT2D eigenvalue weighted by molar-refractivity contribution is -0.136. The van der Waals surface area contributed by atoms with Gasteiger partial charge in [-0.25, -0.2) is 0 Å². The first-order valence-corrected chi connectivity index (χ1v) is 8.36. The van der Waals surface area contributed by atoms with Gasteiger partial charge in [0, 0.05) is 38.8 Å². The van der Waals surface area contributed by atoms with Crippen molar-refractivity contribution in [1.29, 1.82) is 0 Å². The minimum Gasteiger partial charge on any atom is -0.497 e. The molecule has 6 nitrogen and oxygen atoms in total. The zero-order valence-electron chi connectivity index (χ0n) is 15.4. The van der Waals surface area contributed by atoms with E-state index in [1.807, 2.05) is 67.5 Å². The number of rotatable bonds is 6. The van der Waals surface area contributed by atoms with Crippen molar-refractivity contribution in [3.63, 3.8) is 0 Å². The first-order chi connectivity index (χ1) is 12.5. The monoisotopic (exact) mass is 353 g/mol. The largest absolute Gasteiger partial charge is 0.497 e. The topological polar surface area (TPSA) is 54.4 Å². The Morgan fingerprint density at radius 3 is 2.23 bits per heavy atom. The lowest BCUT2D eigenvalue weighted by Crippen LogP contribution is -2.66. The van der Waals surface area contributed by atoms with Gasteiger partial charge in [0.05, 0.1) is 12.8 Å². The number of hydrogen-bond acceptors (Lipinski definition) is 5. The first-order valence-electron chi connectivity index (χ1n) is 8.36. The van der Waals surface area contributed by atoms with E-state index in [1.165, 1.54) is 0 Å². The minimum absolute atomic E-state index is 0.0722. The maximum absolute atomic E-state index is 12.4. The maximum atomic E-state index is 12.4. The fourth-order valence-corrected chi connectivity index (χ4v) is 2.91. The Morgan fingerprint density at radius 2 is 1.69 bits per heavy atom. The highest BCUT2D eigenvalue weighted by Crippen LogP contribution is 2.31. The molecule has 1 amide bonds. The van der Waals surface area contributed by atoms with Crippen molar-refractivity contribution in [3.8, 4) is 5.75 Å². The van der Waals surface area contributed by atoms with Gasteiger partial charge >= 0.3 is 0 Å². The van der Waals surface area contributed by atoms with E-state index in [2.05, 4.69) is 4.99 Å². The Bertz CT molecular complexity index is 785. The number of amides is 1. The number of carbonyl (C=O) groups is 1. The molecule has 6 heteroatoms. The van der Waals surface area contributed by atoms with E-state index in [0.29, 0.717) is 0 Å². The molecule has 2 aromatic carbocycles. The van der Waals surface area contributed by atoms with E-state index in [-0.39, 0.29) is 11.9 Å². The van der Waals surface area contributed by atoms with Crippen LogP contribution < -0.4 is 14.5 Å². The molecule has 0 bridgehead atoms. The smallest absolute Gasteiger partial charge is 0.259 e. The number of anilines is 2. The van der Waals surface area contributed by atoms with E-state index in [1.54, 1.807) is 25.3 Å². The third-order valence-electron chi connectivity index (χ3n) is 4.44. The number of carbonyl (C=O) groups excluding carboxylic acids is 1. The van der Waals surface area contributed by atoms with Crippen molar-refractivity contribution in [2.75, 3.05) is 38.1 Å². The quantitative estimate of drug-likeness (QED) is 0.592. The zero-order chi connectivity index (χ0) is 18.7. The summed E-state index contributed by atoms with van der Waals surface area (Å²) in [5.74, 6) is 0.674. The number of aliphatic imine (C=N–C) groups is 1. The second-order valence-electron chi connectivity index (χ2n) is 6.24. The van der Waals surface area contributed by atoms with Gasteiger partial charge in [-0.2, -0.15) is 0 Å². The van der Waals surface area contributed by atoms with Crippen molar-refractivity contribution in [2.24, 2.45) is 4.99 Å². The summed E-state index contributed by atoms with van der Waals surface area (Å²) in [5, 5.41) is 0. The number of methoxy groups -OCH3 is 2. The Morgan fingerprint density at radius 1 is 1.04 bits per heavy atom. The van der Waals surface area contributed by atoms with E-state index in [9.17, 15) is 4.79 Å². The second-order valence-corrected chi connectivity index (χ2v) is 6.24. The molecular weight excluding hydrogens is 330 g/mol. The molecule has 2 atom stereocenters. The van der Waals surface area contributed by atoms with Gasteiger partial charge in [-0.15, -0.1) is 0 Å². The number of ether oxygens (including phenoxy) is 2. The second kappa shape index (κ2) is 7.58. The standard InChI is InChI=1S/C20H23N3O3/c1-22(2)15-7-5-14(6-8-15)21-13-18-19(26-4)20(24)23(18)16-9-11-17(25-3)12-10-16/h5-13,18-19H,1-4H3/t18-,19+/m0/s1. The molecule has 0 radical (unpaired) electrons. The summed E-state index contributed by atoms with van der Waals surface area (Å²) in [6, 6.07) is 15.0. The van der Waals surface area contributed by atoms with Crippen molar-refractivity contribution < 1.29 is 14.3 Å². The average molecular weight is 353 g/mol. The molecule has 26 heavy (non-hydrogen) atoms. The van der Waals surface area contributed by atoms with Crippen LogP contribution >= 0.6 is 0 Å². The van der Waals surface area contributed by atoms with Gasteiger partial charge < -0.3 is 14.4 Å². The van der Waals surface area contributed by atoms with Gasteiger partial charge in [-0.05, 0) is 48.5 Å². The maximum Gasteiger partial charge on any atom is 0.259 e. The van der Waals surface area contributed by atoms with Gasteiger partial charge in [0.15, 0.2) is 6.10 Å². The SMILES string of the molecule is COc1ccc(N2C(=O)[C@H](OC)[C@@H]2C=Nc2ccc(N(C)C)cc2)cc1. The summed E-state index contributed by atoms with van der Waals surface area (Å²) >= 11 is 0. The van der Waals surface area contributed by atoms with Crippen LogP contribution in [0.5, 0.6) is 5.75 Å². The molecule has 1 aliphatic heterocycles. The highest BCUT2D eigenvalue weighted by molar-refractivity contribution is 6.10. The van der Waals surface area contributed by atoms with Crippen LogP contribution in [0.15, 0.2) is 53.5 Å². The number of hydrogen-bond donors (Lipinski definition) is 0. The molecular formula is C20H23N3O3.